The Kier molecular flexibility index (Phi) is 17.2. The molecule has 0 aromatic heterocycles. The zero-order valence-corrected chi connectivity index (χ0v) is 31.4. The summed E-state index contributed by atoms with van der Waals surface area (Å²) < 4.78 is 2.34. The van der Waals surface area contributed by atoms with E-state index < -0.39 is 0 Å². The van der Waals surface area contributed by atoms with E-state index in [0.717, 1.165) is 42.7 Å². The molecule has 4 rings (SSSR count). The molecule has 0 amide bonds. The summed E-state index contributed by atoms with van der Waals surface area (Å²) in [5.41, 5.74) is 10.6. The van der Waals surface area contributed by atoms with Gasteiger partial charge in [0.05, 0.1) is 6.04 Å². The van der Waals surface area contributed by atoms with E-state index in [1.807, 2.05) is 17.8 Å². The number of unbranched alkanes of at least 4 members (excludes halogenated alkanes) is 3. The predicted molar refractivity (Wildman–Crippen MR) is 187 cm³/mol. The number of benzene rings is 1. The first-order valence-electron chi connectivity index (χ1n) is 15.4. The van der Waals surface area contributed by atoms with Crippen LogP contribution in [0.4, 0.5) is 0 Å². The molecule has 2 N–H and O–H groups in total. The van der Waals surface area contributed by atoms with Crippen molar-refractivity contribution in [3.63, 3.8) is 0 Å². The van der Waals surface area contributed by atoms with Crippen molar-refractivity contribution < 1.29 is 35.7 Å². The van der Waals surface area contributed by atoms with E-state index >= 15 is 0 Å². The minimum absolute atomic E-state index is 0. The van der Waals surface area contributed by atoms with Gasteiger partial charge in [-0.15, -0.1) is 11.8 Å². The summed E-state index contributed by atoms with van der Waals surface area (Å²) in [4.78, 5) is 6.15. The van der Waals surface area contributed by atoms with Crippen LogP contribution in [-0.2, 0) is 0 Å². The van der Waals surface area contributed by atoms with Gasteiger partial charge in [0.1, 0.15) is 12.8 Å². The average Bonchev–Trinajstić information content (AvgIpc) is 3.50. The van der Waals surface area contributed by atoms with Crippen molar-refractivity contribution in [3.05, 3.63) is 121 Å². The molecule has 228 valence electrons. The molecular formula is C38H52N3SU+. The molecule has 0 bridgehead atoms. The Bertz CT molecular complexity index is 1210. The molecule has 2 aliphatic heterocycles. The van der Waals surface area contributed by atoms with Gasteiger partial charge in [0, 0.05) is 42.3 Å². The van der Waals surface area contributed by atoms with Crippen LogP contribution in [0.3, 0.4) is 0 Å². The van der Waals surface area contributed by atoms with Gasteiger partial charge in [-0.25, -0.2) is 4.58 Å². The van der Waals surface area contributed by atoms with Crippen molar-refractivity contribution in [2.24, 2.45) is 22.6 Å². The molecule has 43 heavy (non-hydrogen) atoms. The monoisotopic (exact) mass is 820 g/mol. The van der Waals surface area contributed by atoms with Gasteiger partial charge in [0.25, 0.3) is 0 Å². The fourth-order valence-electron chi connectivity index (χ4n) is 6.28. The van der Waals surface area contributed by atoms with Gasteiger partial charge in [-0.3, -0.25) is 11.5 Å². The van der Waals surface area contributed by atoms with Crippen LogP contribution in [0.1, 0.15) is 81.3 Å². The second-order valence-corrected chi connectivity index (χ2v) is 12.7. The Balaban J connectivity index is 0.00000323. The average molecular weight is 821 g/mol. The molecule has 0 radical (unpaired) electrons. The number of nitrogens with two attached hydrogens (primary N) is 1. The molecule has 2 heterocycles. The smallest absolute Gasteiger partial charge is 0.483 e. The van der Waals surface area contributed by atoms with Gasteiger partial charge in [-0.1, -0.05) is 74.2 Å². The number of hydrogen-bond acceptors (Lipinski definition) is 3. The summed E-state index contributed by atoms with van der Waals surface area (Å²) in [5, 5.41) is 0. The zero-order chi connectivity index (χ0) is 29.0. The van der Waals surface area contributed by atoms with Gasteiger partial charge in [0.2, 0.25) is 0 Å². The number of rotatable bonds is 15. The molecule has 0 saturated heterocycles. The molecule has 1 aromatic rings. The first kappa shape index (κ1) is 37.5. The molecule has 5 atom stereocenters. The summed E-state index contributed by atoms with van der Waals surface area (Å²) >= 11 is 1.97. The normalized spacial score (nSPS) is 22.8. The minimum atomic E-state index is 0. The Hall–Kier alpha value is -1.64. The maximum absolute atomic E-state index is 5.52. The van der Waals surface area contributed by atoms with Crippen molar-refractivity contribution in [3.8, 4) is 0 Å². The molecule has 0 fully saturated rings. The SMILES string of the molecule is C=C/C=C(/C)C(=C)C(C1=CC(c2ccc(C3C=CCCC3)cc2)CS1)C(N=C)C1C=C[N+](CCCCC[CH-]N)=CC1.[CH3-].[U+2]. The molecule has 1 aromatic carbocycles. The van der Waals surface area contributed by atoms with Crippen molar-refractivity contribution in [2.45, 2.75) is 76.2 Å². The first-order valence-corrected chi connectivity index (χ1v) is 16.4. The third kappa shape index (κ3) is 10.5. The molecule has 3 aliphatic rings. The fourth-order valence-corrected chi connectivity index (χ4v) is 7.66. The van der Waals surface area contributed by atoms with Crippen molar-refractivity contribution in [2.75, 3.05) is 12.3 Å². The molecule has 5 unspecified atom stereocenters. The largest absolute Gasteiger partial charge is 2.00 e. The quantitative estimate of drug-likeness (QED) is 0.0479. The van der Waals surface area contributed by atoms with Crippen molar-refractivity contribution in [1.29, 1.82) is 0 Å². The zero-order valence-electron chi connectivity index (χ0n) is 26.5. The Morgan fingerprint density at radius 3 is 2.51 bits per heavy atom. The second kappa shape index (κ2) is 19.7. The van der Waals surface area contributed by atoms with E-state index in [9.17, 15) is 0 Å². The van der Waals surface area contributed by atoms with Crippen molar-refractivity contribution in [1.82, 2.24) is 0 Å². The van der Waals surface area contributed by atoms with Gasteiger partial charge in [0.15, 0.2) is 6.20 Å². The molecule has 3 nitrogen and oxygen atoms in total. The third-order valence-corrected chi connectivity index (χ3v) is 10.1. The summed E-state index contributed by atoms with van der Waals surface area (Å²) in [5.74, 6) is 2.42. The Labute approximate surface area is 290 Å². The summed E-state index contributed by atoms with van der Waals surface area (Å²) in [6.45, 7) is 17.6. The van der Waals surface area contributed by atoms with Crippen molar-refractivity contribution >= 4 is 24.7 Å². The van der Waals surface area contributed by atoms with E-state index in [0.29, 0.717) is 11.8 Å². The summed E-state index contributed by atoms with van der Waals surface area (Å²) in [6.07, 6.45) is 27.3. The standard InChI is InChI=1S/C37H49N3S.CH3.U/c1-5-13-28(2)29(3)36(37(39-4)33-20-24-40(25-21-33)23-12-7-6-11-22-38)35-26-34(27-41-35)32-18-16-31(17-19-32)30-14-9-8-10-15-30;;/h5,9,13-14,16-20,22,24-26,30,33-34,36-37H,1,3-4,6-8,10-12,15,21,23,27,38H2,2H3;1H3;/q;-1;+2/b28-13-;;. The number of allylic oxidation sites excluding steroid dienone is 6. The van der Waals surface area contributed by atoms with E-state index in [1.54, 1.807) is 6.54 Å². The van der Waals surface area contributed by atoms with Gasteiger partial charge < -0.3 is 13.2 Å². The number of nitrogens with zero attached hydrogens (tertiary/aromatic N) is 2. The molecule has 0 saturated carbocycles. The van der Waals surface area contributed by atoms with Crippen LogP contribution in [0.5, 0.6) is 0 Å². The van der Waals surface area contributed by atoms with Gasteiger partial charge >= 0.3 is 31.1 Å². The van der Waals surface area contributed by atoms with Crippen LogP contribution >= 0.6 is 11.8 Å². The van der Waals surface area contributed by atoms with E-state index in [2.05, 4.69) is 98.4 Å². The van der Waals surface area contributed by atoms with Gasteiger partial charge in [-0.05, 0) is 72.6 Å². The van der Waals surface area contributed by atoms with Crippen LogP contribution in [-0.4, -0.2) is 35.8 Å². The van der Waals surface area contributed by atoms with E-state index in [-0.39, 0.29) is 56.4 Å². The van der Waals surface area contributed by atoms with Crippen LogP contribution < -0.4 is 5.73 Å². The first-order chi connectivity index (χ1) is 20.0. The van der Waals surface area contributed by atoms with Crippen LogP contribution in [0.2, 0.25) is 0 Å². The van der Waals surface area contributed by atoms with Gasteiger partial charge in [-0.2, -0.15) is 6.42 Å². The molecule has 5 heteroatoms. The van der Waals surface area contributed by atoms with E-state index in [4.69, 9.17) is 10.7 Å². The summed E-state index contributed by atoms with van der Waals surface area (Å²) in [6, 6.07) is 9.42. The van der Waals surface area contributed by atoms with Crippen LogP contribution in [0.25, 0.3) is 0 Å². The maximum atomic E-state index is 5.52. The Morgan fingerprint density at radius 1 is 1.16 bits per heavy atom. The van der Waals surface area contributed by atoms with Crippen LogP contribution in [0, 0.1) is 56.9 Å². The van der Waals surface area contributed by atoms with Crippen LogP contribution in [0.15, 0.2) is 101 Å². The summed E-state index contributed by atoms with van der Waals surface area (Å²) in [7, 11) is 0. The molecular weight excluding hydrogens is 769 g/mol. The number of thioether (sulfide) groups is 1. The Morgan fingerprint density at radius 2 is 1.91 bits per heavy atom. The minimum Gasteiger partial charge on any atom is -0.483 e. The fraction of sp³-hybridized carbons (Fsp3) is 0.421. The number of aliphatic imine (C=N–C) groups is 1. The third-order valence-electron chi connectivity index (χ3n) is 8.81. The van der Waals surface area contributed by atoms with E-state index in [1.165, 1.54) is 48.1 Å². The second-order valence-electron chi connectivity index (χ2n) is 11.6. The topological polar surface area (TPSA) is 41.4 Å². The predicted octanol–water partition coefficient (Wildman–Crippen LogP) is 9.35. The molecule has 1 aliphatic carbocycles. The maximum Gasteiger partial charge on any atom is 2.00 e. The molecule has 0 spiro atoms. The number of hydrogen-bond donors (Lipinski definition) is 1.